The van der Waals surface area contributed by atoms with Crippen molar-refractivity contribution in [1.29, 1.82) is 0 Å². The minimum Gasteiger partial charge on any atom is -0.390 e. The van der Waals surface area contributed by atoms with E-state index in [4.69, 9.17) is 14.2 Å². The van der Waals surface area contributed by atoms with Crippen molar-refractivity contribution in [2.24, 2.45) is 0 Å². The van der Waals surface area contributed by atoms with E-state index in [0.29, 0.717) is 13.0 Å². The fraction of sp³-hybridized carbons (Fsp3) is 1.00. The van der Waals surface area contributed by atoms with Crippen LogP contribution in [0.15, 0.2) is 0 Å². The number of fused-ring (bicyclic) bond motifs is 2. The number of nitrogens with one attached hydrogen (secondary N) is 3. The largest absolute Gasteiger partial charge is 0.390 e. The number of aliphatic hydroxyl groups is 3. The third-order valence-electron chi connectivity index (χ3n) is 5.25. The molecule has 2 saturated heterocycles. The molecule has 9 nitrogen and oxygen atoms in total. The lowest BCUT2D eigenvalue weighted by atomic mass is 9.80. The third-order valence-corrected chi connectivity index (χ3v) is 5.25. The molecular weight excluding hydrogens is 306 g/mol. The lowest BCUT2D eigenvalue weighted by Crippen LogP contribution is -2.78. The normalized spacial score (nSPS) is 53.5. The molecule has 0 aromatic carbocycles. The van der Waals surface area contributed by atoms with Crippen LogP contribution in [-0.4, -0.2) is 97.7 Å². The second-order valence-electron chi connectivity index (χ2n) is 6.38. The zero-order valence-corrected chi connectivity index (χ0v) is 13.6. The molecule has 1 saturated carbocycles. The Hall–Kier alpha value is -0.360. The number of aliphatic hydroxyl groups excluding tert-OH is 2. The Morgan fingerprint density at radius 1 is 0.957 bits per heavy atom. The van der Waals surface area contributed by atoms with E-state index in [1.54, 1.807) is 21.1 Å². The molecule has 3 rings (SSSR count). The van der Waals surface area contributed by atoms with Crippen LogP contribution in [0, 0.1) is 0 Å². The van der Waals surface area contributed by atoms with Crippen molar-refractivity contribution < 1.29 is 29.5 Å². The van der Waals surface area contributed by atoms with E-state index in [2.05, 4.69) is 16.0 Å². The van der Waals surface area contributed by atoms with Gasteiger partial charge in [0.15, 0.2) is 0 Å². The summed E-state index contributed by atoms with van der Waals surface area (Å²) >= 11 is 0. The van der Waals surface area contributed by atoms with Crippen LogP contribution < -0.4 is 16.0 Å². The van der Waals surface area contributed by atoms with Crippen LogP contribution in [0.3, 0.4) is 0 Å². The monoisotopic (exact) mass is 333 g/mol. The summed E-state index contributed by atoms with van der Waals surface area (Å²) in [7, 11) is 5.09. The third kappa shape index (κ3) is 2.60. The Morgan fingerprint density at radius 2 is 1.65 bits per heavy atom. The van der Waals surface area contributed by atoms with Gasteiger partial charge in [0.05, 0.1) is 30.8 Å². The summed E-state index contributed by atoms with van der Waals surface area (Å²) in [5.74, 6) is -1.67. The molecule has 0 aromatic heterocycles. The number of ether oxygens (including phenoxy) is 3. The van der Waals surface area contributed by atoms with Crippen LogP contribution in [0.5, 0.6) is 0 Å². The molecule has 0 amide bonds. The molecule has 9 heteroatoms. The van der Waals surface area contributed by atoms with E-state index < -0.39 is 48.6 Å². The zero-order valence-electron chi connectivity index (χ0n) is 13.6. The summed E-state index contributed by atoms with van der Waals surface area (Å²) in [5.41, 5.74) is 0. The van der Waals surface area contributed by atoms with Crippen molar-refractivity contribution in [3.05, 3.63) is 0 Å². The Kier molecular flexibility index (Phi) is 4.94. The van der Waals surface area contributed by atoms with Crippen LogP contribution >= 0.6 is 0 Å². The predicted octanol–water partition coefficient (Wildman–Crippen LogP) is -3.30. The van der Waals surface area contributed by atoms with Crippen molar-refractivity contribution >= 4 is 0 Å². The van der Waals surface area contributed by atoms with Crippen molar-refractivity contribution in [2.45, 2.75) is 61.0 Å². The van der Waals surface area contributed by atoms with Gasteiger partial charge in [0.2, 0.25) is 12.1 Å². The van der Waals surface area contributed by atoms with Gasteiger partial charge in [-0.25, -0.2) is 0 Å². The molecule has 1 aliphatic carbocycles. The lowest BCUT2D eigenvalue weighted by Gasteiger charge is -2.57. The van der Waals surface area contributed by atoms with Gasteiger partial charge in [-0.05, 0) is 27.6 Å². The van der Waals surface area contributed by atoms with Crippen LogP contribution in [0.4, 0.5) is 0 Å². The molecular formula is C14H27N3O6. The molecule has 134 valence electrons. The van der Waals surface area contributed by atoms with Gasteiger partial charge in [0.25, 0.3) is 0 Å². The molecule has 23 heavy (non-hydrogen) atoms. The highest BCUT2D eigenvalue weighted by molar-refractivity contribution is 5.09. The quantitative estimate of drug-likeness (QED) is 0.315. The fourth-order valence-electron chi connectivity index (χ4n) is 3.97. The standard InChI is InChI=1S/C14H27N3O6/c1-15-6-4-5-21-13-14(6,20)23-11-8(17-3)9(18)7(16-2)10(19)12(11)22-13/h6-13,15-20H,4-5H2,1-3H3/t6?,7?,8?,9?,10-,11?,12?,13?,14-/m0/s1. The Labute approximate surface area is 135 Å². The molecule has 0 spiro atoms. The van der Waals surface area contributed by atoms with E-state index in [1.807, 2.05) is 0 Å². The molecule has 3 aliphatic rings. The second-order valence-corrected chi connectivity index (χ2v) is 6.38. The minimum atomic E-state index is -1.67. The van der Waals surface area contributed by atoms with E-state index in [-0.39, 0.29) is 6.04 Å². The molecule has 2 heterocycles. The van der Waals surface area contributed by atoms with Crippen molar-refractivity contribution in [1.82, 2.24) is 16.0 Å². The van der Waals surface area contributed by atoms with Gasteiger partial charge < -0.3 is 45.5 Å². The Bertz CT molecular complexity index is 429. The predicted molar refractivity (Wildman–Crippen MR) is 79.6 cm³/mol. The van der Waals surface area contributed by atoms with E-state index >= 15 is 0 Å². The summed E-state index contributed by atoms with van der Waals surface area (Å²) in [6.07, 6.45) is -3.76. The highest BCUT2D eigenvalue weighted by Crippen LogP contribution is 2.40. The number of rotatable bonds is 3. The zero-order chi connectivity index (χ0) is 16.8. The summed E-state index contributed by atoms with van der Waals surface area (Å²) in [6.45, 7) is 0.420. The van der Waals surface area contributed by atoms with Gasteiger partial charge in [0.1, 0.15) is 18.3 Å². The molecule has 6 N–H and O–H groups in total. The van der Waals surface area contributed by atoms with E-state index in [9.17, 15) is 15.3 Å². The number of likely N-dealkylation sites (N-methyl/N-ethyl adjacent to an activating group) is 3. The minimum absolute atomic E-state index is 0.365. The smallest absolute Gasteiger partial charge is 0.234 e. The van der Waals surface area contributed by atoms with Gasteiger partial charge in [-0.1, -0.05) is 0 Å². The number of hydrogen-bond acceptors (Lipinski definition) is 9. The van der Waals surface area contributed by atoms with Gasteiger partial charge in [-0.2, -0.15) is 0 Å². The van der Waals surface area contributed by atoms with Crippen LogP contribution in [0.25, 0.3) is 0 Å². The molecule has 0 bridgehead atoms. The lowest BCUT2D eigenvalue weighted by molar-refractivity contribution is -0.442. The van der Waals surface area contributed by atoms with Gasteiger partial charge >= 0.3 is 0 Å². The van der Waals surface area contributed by atoms with E-state index in [1.165, 1.54) is 0 Å². The summed E-state index contributed by atoms with van der Waals surface area (Å²) < 4.78 is 17.4. The second kappa shape index (κ2) is 6.51. The summed E-state index contributed by atoms with van der Waals surface area (Å²) in [5, 5.41) is 40.9. The maximum Gasteiger partial charge on any atom is 0.234 e. The first-order chi connectivity index (χ1) is 11.0. The van der Waals surface area contributed by atoms with Crippen molar-refractivity contribution in [3.63, 3.8) is 0 Å². The van der Waals surface area contributed by atoms with Crippen molar-refractivity contribution in [3.8, 4) is 0 Å². The van der Waals surface area contributed by atoms with Crippen LogP contribution in [0.2, 0.25) is 0 Å². The van der Waals surface area contributed by atoms with Crippen LogP contribution in [0.1, 0.15) is 6.42 Å². The highest BCUT2D eigenvalue weighted by atomic mass is 16.8. The fourth-order valence-corrected chi connectivity index (χ4v) is 3.97. The average Bonchev–Trinajstić information content (AvgIpc) is 2.53. The van der Waals surface area contributed by atoms with Crippen molar-refractivity contribution in [2.75, 3.05) is 27.7 Å². The van der Waals surface area contributed by atoms with Gasteiger partial charge in [0, 0.05) is 0 Å². The Morgan fingerprint density at radius 3 is 2.26 bits per heavy atom. The van der Waals surface area contributed by atoms with Crippen LogP contribution in [-0.2, 0) is 14.2 Å². The molecule has 0 aromatic rings. The van der Waals surface area contributed by atoms with E-state index in [0.717, 1.165) is 0 Å². The summed E-state index contributed by atoms with van der Waals surface area (Å²) in [4.78, 5) is 0. The first-order valence-corrected chi connectivity index (χ1v) is 8.03. The molecule has 3 fully saturated rings. The molecule has 0 radical (unpaired) electrons. The SMILES string of the molecule is CNC1C(O)C(NC)[C@H](O)C2OC3OCCC(NC)[C@]3(O)OC12. The maximum absolute atomic E-state index is 11.0. The molecule has 9 atom stereocenters. The summed E-state index contributed by atoms with van der Waals surface area (Å²) in [6, 6.07) is -1.45. The molecule has 2 aliphatic heterocycles. The number of hydrogen-bond donors (Lipinski definition) is 6. The van der Waals surface area contributed by atoms with Gasteiger partial charge in [-0.3, -0.25) is 0 Å². The average molecular weight is 333 g/mol. The maximum atomic E-state index is 11.0. The topological polar surface area (TPSA) is 124 Å². The first-order valence-electron chi connectivity index (χ1n) is 8.03. The first kappa shape index (κ1) is 17.5. The van der Waals surface area contributed by atoms with Gasteiger partial charge in [-0.15, -0.1) is 0 Å². The highest BCUT2D eigenvalue weighted by Gasteiger charge is 2.62. The Balaban J connectivity index is 1.91. The molecule has 7 unspecified atom stereocenters.